The highest BCUT2D eigenvalue weighted by atomic mass is 14.2. The Hall–Kier alpha value is -7.54. The molecule has 12 aromatic carbocycles. The monoisotopic (exact) mass is 746 g/mol. The van der Waals surface area contributed by atoms with Crippen molar-refractivity contribution in [3.05, 3.63) is 218 Å². The van der Waals surface area contributed by atoms with E-state index in [1.54, 1.807) is 0 Å². The maximum Gasteiger partial charge on any atom is -0.00201 e. The molecule has 0 saturated carbocycles. The average Bonchev–Trinajstić information content (AvgIpc) is 3.29. The van der Waals surface area contributed by atoms with Gasteiger partial charge in [0.05, 0.1) is 0 Å². The van der Waals surface area contributed by atoms with Crippen molar-refractivity contribution in [3.63, 3.8) is 0 Å². The van der Waals surface area contributed by atoms with Gasteiger partial charge in [0.1, 0.15) is 0 Å². The van der Waals surface area contributed by atoms with Crippen molar-refractivity contribution in [2.24, 2.45) is 0 Å². The van der Waals surface area contributed by atoms with Crippen LogP contribution >= 0.6 is 0 Å². The Bertz CT molecular complexity index is 3560. The third-order valence-corrected chi connectivity index (χ3v) is 12.6. The summed E-state index contributed by atoms with van der Waals surface area (Å²) in [4.78, 5) is 0. The van der Waals surface area contributed by atoms with Crippen LogP contribution in [0.25, 0.3) is 120 Å². The van der Waals surface area contributed by atoms with Gasteiger partial charge in [-0.25, -0.2) is 0 Å². The summed E-state index contributed by atoms with van der Waals surface area (Å²) in [6.45, 7) is 2.16. The quantitative estimate of drug-likeness (QED) is 0.157. The predicted molar refractivity (Wildman–Crippen MR) is 255 cm³/mol. The van der Waals surface area contributed by atoms with Crippen LogP contribution in [-0.4, -0.2) is 0 Å². The van der Waals surface area contributed by atoms with Crippen LogP contribution < -0.4 is 0 Å². The van der Waals surface area contributed by atoms with Crippen molar-refractivity contribution in [2.45, 2.75) is 6.92 Å². The lowest BCUT2D eigenvalue weighted by molar-refractivity contribution is 1.51. The molecule has 0 heterocycles. The summed E-state index contributed by atoms with van der Waals surface area (Å²) in [5.41, 5.74) is 11.4. The van der Waals surface area contributed by atoms with Gasteiger partial charge in [-0.05, 0) is 145 Å². The molecule has 274 valence electrons. The van der Waals surface area contributed by atoms with E-state index < -0.39 is 0 Å². The lowest BCUT2D eigenvalue weighted by Gasteiger charge is -2.19. The molecule has 0 aromatic heterocycles. The molecular weight excluding hydrogens is 709 g/mol. The molecule has 0 aliphatic rings. The molecule has 0 saturated heterocycles. The first kappa shape index (κ1) is 33.6. The smallest absolute Gasteiger partial charge is 0.00201 e. The van der Waals surface area contributed by atoms with Crippen molar-refractivity contribution in [2.75, 3.05) is 0 Å². The zero-order chi connectivity index (χ0) is 39.0. The van der Waals surface area contributed by atoms with E-state index in [1.165, 1.54) is 125 Å². The Morgan fingerprint density at radius 1 is 0.220 bits per heavy atom. The van der Waals surface area contributed by atoms with Gasteiger partial charge in [-0.3, -0.25) is 0 Å². The molecule has 0 atom stereocenters. The maximum absolute atomic E-state index is 2.39. The number of rotatable bonds is 4. The van der Waals surface area contributed by atoms with Gasteiger partial charge in [-0.2, -0.15) is 0 Å². The van der Waals surface area contributed by atoms with Gasteiger partial charge >= 0.3 is 0 Å². The summed E-state index contributed by atoms with van der Waals surface area (Å²) in [6.07, 6.45) is 0. The van der Waals surface area contributed by atoms with Crippen LogP contribution in [0.15, 0.2) is 212 Å². The van der Waals surface area contributed by atoms with Gasteiger partial charge in [0.25, 0.3) is 0 Å². The van der Waals surface area contributed by atoms with Crippen LogP contribution in [0.3, 0.4) is 0 Å². The summed E-state index contributed by atoms with van der Waals surface area (Å²) in [6, 6.07) is 79.1. The van der Waals surface area contributed by atoms with E-state index in [0.29, 0.717) is 0 Å². The van der Waals surface area contributed by atoms with Gasteiger partial charge in [0.2, 0.25) is 0 Å². The topological polar surface area (TPSA) is 0 Å². The Morgan fingerprint density at radius 3 is 0.966 bits per heavy atom. The Labute approximate surface area is 343 Å². The minimum Gasteiger partial charge on any atom is -0.0616 e. The molecule has 0 nitrogen and oxygen atoms in total. The molecule has 0 radical (unpaired) electrons. The first-order chi connectivity index (χ1) is 29.2. The van der Waals surface area contributed by atoms with E-state index in [0.717, 1.165) is 0 Å². The highest BCUT2D eigenvalue weighted by Gasteiger charge is 2.20. The third-order valence-electron chi connectivity index (χ3n) is 12.6. The summed E-state index contributed by atoms with van der Waals surface area (Å²) >= 11 is 0. The zero-order valence-corrected chi connectivity index (χ0v) is 32.7. The minimum absolute atomic E-state index is 1.23. The predicted octanol–water partition coefficient (Wildman–Crippen LogP) is 16.7. The molecule has 0 N–H and O–H groups in total. The van der Waals surface area contributed by atoms with Gasteiger partial charge in [-0.1, -0.05) is 200 Å². The molecule has 0 aliphatic heterocycles. The number of benzene rings is 12. The zero-order valence-electron chi connectivity index (χ0n) is 32.7. The Balaban J connectivity index is 1.04. The van der Waals surface area contributed by atoms with Crippen LogP contribution in [0.5, 0.6) is 0 Å². The van der Waals surface area contributed by atoms with Crippen molar-refractivity contribution < 1.29 is 0 Å². The third kappa shape index (κ3) is 5.30. The van der Waals surface area contributed by atoms with Gasteiger partial charge in [0, 0.05) is 0 Å². The number of aryl methyl sites for hydroxylation is 1. The minimum atomic E-state index is 1.23. The highest BCUT2D eigenvalue weighted by Crippen LogP contribution is 2.47. The fraction of sp³-hybridized carbons (Fsp3) is 0.0169. The van der Waals surface area contributed by atoms with Crippen molar-refractivity contribution >= 4 is 75.4 Å². The molecular formula is C59H38. The van der Waals surface area contributed by atoms with E-state index in [9.17, 15) is 0 Å². The van der Waals surface area contributed by atoms with E-state index >= 15 is 0 Å². The molecule has 0 fully saturated rings. The van der Waals surface area contributed by atoms with Crippen LogP contribution in [0.4, 0.5) is 0 Å². The molecule has 0 bridgehead atoms. The first-order valence-electron chi connectivity index (χ1n) is 20.6. The number of hydrogen-bond donors (Lipinski definition) is 0. The number of hydrogen-bond acceptors (Lipinski definition) is 0. The summed E-state index contributed by atoms with van der Waals surface area (Å²) in [7, 11) is 0. The van der Waals surface area contributed by atoms with Gasteiger partial charge in [-0.15, -0.1) is 0 Å². The molecule has 0 amide bonds. The summed E-state index contributed by atoms with van der Waals surface area (Å²) in [5.74, 6) is 0. The first-order valence-corrected chi connectivity index (χ1v) is 20.6. The van der Waals surface area contributed by atoms with Crippen molar-refractivity contribution in [1.82, 2.24) is 0 Å². The van der Waals surface area contributed by atoms with E-state index in [1.807, 2.05) is 0 Å². The largest absolute Gasteiger partial charge is 0.0616 e. The normalized spacial score (nSPS) is 11.8. The summed E-state index contributed by atoms with van der Waals surface area (Å²) < 4.78 is 0. The lowest BCUT2D eigenvalue weighted by Crippen LogP contribution is -1.92. The fourth-order valence-electron chi connectivity index (χ4n) is 10.0. The molecule has 0 heteroatoms. The second kappa shape index (κ2) is 13.3. The second-order valence-corrected chi connectivity index (χ2v) is 16.1. The molecule has 0 aliphatic carbocycles. The van der Waals surface area contributed by atoms with E-state index in [4.69, 9.17) is 0 Å². The lowest BCUT2D eigenvalue weighted by atomic mass is 9.84. The molecule has 12 rings (SSSR count). The van der Waals surface area contributed by atoms with Gasteiger partial charge < -0.3 is 0 Å². The average molecular weight is 747 g/mol. The fourth-order valence-corrected chi connectivity index (χ4v) is 10.0. The van der Waals surface area contributed by atoms with Crippen LogP contribution in [0, 0.1) is 6.92 Å². The highest BCUT2D eigenvalue weighted by molar-refractivity contribution is 6.25. The molecule has 0 spiro atoms. The van der Waals surface area contributed by atoms with Crippen molar-refractivity contribution in [1.29, 1.82) is 0 Å². The molecule has 59 heavy (non-hydrogen) atoms. The Morgan fingerprint density at radius 2 is 0.542 bits per heavy atom. The maximum atomic E-state index is 2.39. The van der Waals surface area contributed by atoms with E-state index in [-0.39, 0.29) is 0 Å². The van der Waals surface area contributed by atoms with Crippen LogP contribution in [-0.2, 0) is 0 Å². The number of fused-ring (bicyclic) bond motifs is 7. The molecule has 12 aromatic rings. The van der Waals surface area contributed by atoms with E-state index in [2.05, 4.69) is 219 Å². The van der Waals surface area contributed by atoms with Crippen molar-refractivity contribution in [3.8, 4) is 44.5 Å². The molecule has 0 unspecified atom stereocenters. The SMILES string of the molecule is Cc1ccc2cc(-c3c4ccccc4c(-c4ccc5cc(-c6c7ccccc7c(-c7cccc8ccccc78)c7ccccc67)ccc5c4)c4ccccc34)ccc2c1. The van der Waals surface area contributed by atoms with Gasteiger partial charge in [0.15, 0.2) is 0 Å². The summed E-state index contributed by atoms with van der Waals surface area (Å²) in [5, 5.41) is 17.7. The van der Waals surface area contributed by atoms with Crippen LogP contribution in [0.1, 0.15) is 5.56 Å². The Kier molecular flexibility index (Phi) is 7.55. The second-order valence-electron chi connectivity index (χ2n) is 16.1. The standard InChI is InChI=1S/C59H38/c1-37-25-26-40-34-43(30-27-39(40)33-37)56-48-16-4-6-18-50(48)57(51-19-7-5-17-49(51)56)44-31-28-42-36-45(32-29-41(42)35-44)58-52-20-8-10-22-54(52)59(55-23-11-9-21-53(55)58)47-24-12-14-38-13-2-3-15-46(38)47/h2-36H,1H3. The van der Waals surface area contributed by atoms with Crippen LogP contribution in [0.2, 0.25) is 0 Å².